The molecule has 130 valence electrons. The molecule has 0 spiro atoms. The molecule has 0 bridgehead atoms. The van der Waals surface area contributed by atoms with Gasteiger partial charge in [0.1, 0.15) is 6.04 Å². The van der Waals surface area contributed by atoms with E-state index in [1.807, 2.05) is 30.3 Å². The summed E-state index contributed by atoms with van der Waals surface area (Å²) < 4.78 is 0. The number of imide groups is 2. The van der Waals surface area contributed by atoms with Gasteiger partial charge in [-0.05, 0) is 24.3 Å². The molecule has 4 rings (SSSR count). The first-order valence-electron chi connectivity index (χ1n) is 8.18. The van der Waals surface area contributed by atoms with Crippen molar-refractivity contribution in [2.24, 2.45) is 0 Å². The molecule has 0 saturated carbocycles. The average molecular weight is 349 g/mol. The van der Waals surface area contributed by atoms with Crippen LogP contribution in [-0.4, -0.2) is 46.1 Å². The third kappa shape index (κ3) is 2.45. The summed E-state index contributed by atoms with van der Waals surface area (Å²) in [5.74, 6) is -2.03. The van der Waals surface area contributed by atoms with Gasteiger partial charge < -0.3 is 5.32 Å². The fourth-order valence-electron chi connectivity index (χ4n) is 3.25. The molecular formula is C19H15N3O4. The van der Waals surface area contributed by atoms with E-state index in [0.717, 1.165) is 15.5 Å². The summed E-state index contributed by atoms with van der Waals surface area (Å²) in [6.07, 6.45) is -0.194. The number of anilines is 1. The van der Waals surface area contributed by atoms with Crippen LogP contribution in [0.2, 0.25) is 0 Å². The summed E-state index contributed by atoms with van der Waals surface area (Å²) in [7, 11) is 0. The summed E-state index contributed by atoms with van der Waals surface area (Å²) in [5, 5.41) is 2.99. The molecule has 2 aromatic carbocycles. The number of carbonyl (C=O) groups excluding carboxylic acids is 4. The average Bonchev–Trinajstić information content (AvgIpc) is 3.08. The minimum Gasteiger partial charge on any atom is -0.367 e. The van der Waals surface area contributed by atoms with Gasteiger partial charge in [-0.2, -0.15) is 0 Å². The Kier molecular flexibility index (Phi) is 3.76. The van der Waals surface area contributed by atoms with Gasteiger partial charge in [-0.25, -0.2) is 0 Å². The summed E-state index contributed by atoms with van der Waals surface area (Å²) >= 11 is 0. The SMILES string of the molecule is O=C1CC(N2C(=O)c3ccccc3C2=O)C(=O)N1CNc1ccccc1. The van der Waals surface area contributed by atoms with Gasteiger partial charge in [0.15, 0.2) is 0 Å². The lowest BCUT2D eigenvalue weighted by Crippen LogP contribution is -2.45. The maximum absolute atomic E-state index is 12.7. The third-order valence-electron chi connectivity index (χ3n) is 4.57. The number of para-hydroxylation sites is 1. The minimum atomic E-state index is -1.09. The highest BCUT2D eigenvalue weighted by Crippen LogP contribution is 2.29. The van der Waals surface area contributed by atoms with Crippen LogP contribution in [0.3, 0.4) is 0 Å². The number of benzene rings is 2. The fraction of sp³-hybridized carbons (Fsp3) is 0.158. The number of amides is 4. The fourth-order valence-corrected chi connectivity index (χ4v) is 3.25. The van der Waals surface area contributed by atoms with Crippen molar-refractivity contribution in [3.05, 3.63) is 65.7 Å². The molecule has 1 fully saturated rings. The number of carbonyl (C=O) groups is 4. The zero-order valence-corrected chi connectivity index (χ0v) is 13.7. The Morgan fingerprint density at radius 1 is 0.846 bits per heavy atom. The normalized spacial score (nSPS) is 19.3. The number of nitrogens with one attached hydrogen (secondary N) is 1. The molecule has 7 nitrogen and oxygen atoms in total. The van der Waals surface area contributed by atoms with Gasteiger partial charge in [0.25, 0.3) is 17.7 Å². The second kappa shape index (κ2) is 6.11. The third-order valence-corrected chi connectivity index (χ3v) is 4.57. The van der Waals surface area contributed by atoms with E-state index < -0.39 is 29.7 Å². The van der Waals surface area contributed by atoms with E-state index in [1.165, 1.54) is 0 Å². The topological polar surface area (TPSA) is 86.8 Å². The maximum Gasteiger partial charge on any atom is 0.262 e. The van der Waals surface area contributed by atoms with E-state index in [9.17, 15) is 19.2 Å². The lowest BCUT2D eigenvalue weighted by Gasteiger charge is -2.21. The standard InChI is InChI=1S/C19H15N3O4/c23-16-10-15(19(26)21(16)11-20-12-6-2-1-3-7-12)22-17(24)13-8-4-5-9-14(13)18(22)25/h1-9,15,20H,10-11H2. The molecule has 4 amide bonds. The van der Waals surface area contributed by atoms with Gasteiger partial charge in [0.05, 0.1) is 24.2 Å². The zero-order chi connectivity index (χ0) is 18.3. The lowest BCUT2D eigenvalue weighted by atomic mass is 10.1. The number of hydrogen-bond donors (Lipinski definition) is 1. The van der Waals surface area contributed by atoms with E-state index in [1.54, 1.807) is 24.3 Å². The predicted octanol–water partition coefficient (Wildman–Crippen LogP) is 1.48. The van der Waals surface area contributed by atoms with Crippen LogP contribution in [0.4, 0.5) is 5.69 Å². The summed E-state index contributed by atoms with van der Waals surface area (Å²) in [6.45, 7) is -0.0126. The summed E-state index contributed by atoms with van der Waals surface area (Å²) in [6, 6.07) is 14.5. The van der Waals surface area contributed by atoms with Crippen LogP contribution in [-0.2, 0) is 9.59 Å². The van der Waals surface area contributed by atoms with Crippen molar-refractivity contribution in [3.8, 4) is 0 Å². The van der Waals surface area contributed by atoms with Crippen LogP contribution in [0.5, 0.6) is 0 Å². The van der Waals surface area contributed by atoms with Gasteiger partial charge in [0, 0.05) is 5.69 Å². The van der Waals surface area contributed by atoms with Gasteiger partial charge in [0.2, 0.25) is 5.91 Å². The molecule has 0 radical (unpaired) electrons. The van der Waals surface area contributed by atoms with Crippen LogP contribution in [0, 0.1) is 0 Å². The Labute approximate surface area is 149 Å². The number of likely N-dealkylation sites (tertiary alicyclic amines) is 1. The van der Waals surface area contributed by atoms with Crippen molar-refractivity contribution in [1.29, 1.82) is 0 Å². The summed E-state index contributed by atoms with van der Waals surface area (Å²) in [4.78, 5) is 52.0. The molecule has 2 aliphatic heterocycles. The Morgan fingerprint density at radius 2 is 1.42 bits per heavy atom. The molecule has 26 heavy (non-hydrogen) atoms. The second-order valence-corrected chi connectivity index (χ2v) is 6.11. The molecule has 1 N–H and O–H groups in total. The van der Waals surface area contributed by atoms with E-state index in [2.05, 4.69) is 5.32 Å². The van der Waals surface area contributed by atoms with Crippen molar-refractivity contribution >= 4 is 29.3 Å². The van der Waals surface area contributed by atoms with Crippen molar-refractivity contribution in [2.75, 3.05) is 12.0 Å². The van der Waals surface area contributed by atoms with Gasteiger partial charge in [-0.3, -0.25) is 29.0 Å². The molecule has 0 aliphatic carbocycles. The molecule has 1 unspecified atom stereocenters. The van der Waals surface area contributed by atoms with Crippen molar-refractivity contribution in [2.45, 2.75) is 12.5 Å². The Hall–Kier alpha value is -3.48. The Balaban J connectivity index is 1.53. The first-order chi connectivity index (χ1) is 12.6. The van der Waals surface area contributed by atoms with Crippen molar-refractivity contribution in [3.63, 3.8) is 0 Å². The lowest BCUT2D eigenvalue weighted by molar-refractivity contribution is -0.138. The number of hydrogen-bond acceptors (Lipinski definition) is 5. The largest absolute Gasteiger partial charge is 0.367 e. The highest BCUT2D eigenvalue weighted by molar-refractivity contribution is 6.24. The van der Waals surface area contributed by atoms with Gasteiger partial charge in [-0.1, -0.05) is 30.3 Å². The Morgan fingerprint density at radius 3 is 2.04 bits per heavy atom. The molecule has 1 atom stereocenters. The molecule has 1 saturated heterocycles. The van der Waals surface area contributed by atoms with Crippen molar-refractivity contribution in [1.82, 2.24) is 9.80 Å². The number of rotatable bonds is 4. The maximum atomic E-state index is 12.7. The molecular weight excluding hydrogens is 334 g/mol. The molecule has 7 heteroatoms. The summed E-state index contributed by atoms with van der Waals surface area (Å²) in [5.41, 5.74) is 1.29. The highest BCUT2D eigenvalue weighted by Gasteiger charge is 2.49. The first kappa shape index (κ1) is 16.0. The van der Waals surface area contributed by atoms with Crippen LogP contribution in [0.15, 0.2) is 54.6 Å². The van der Waals surface area contributed by atoms with Crippen LogP contribution < -0.4 is 5.32 Å². The van der Waals surface area contributed by atoms with Gasteiger partial charge in [-0.15, -0.1) is 0 Å². The van der Waals surface area contributed by atoms with Crippen LogP contribution in [0.25, 0.3) is 0 Å². The van der Waals surface area contributed by atoms with E-state index >= 15 is 0 Å². The van der Waals surface area contributed by atoms with Crippen LogP contribution >= 0.6 is 0 Å². The van der Waals surface area contributed by atoms with E-state index in [4.69, 9.17) is 0 Å². The van der Waals surface area contributed by atoms with Gasteiger partial charge >= 0.3 is 0 Å². The van der Waals surface area contributed by atoms with E-state index in [-0.39, 0.29) is 24.2 Å². The molecule has 2 aliphatic rings. The smallest absolute Gasteiger partial charge is 0.262 e. The number of fused-ring (bicyclic) bond motifs is 1. The molecule has 2 heterocycles. The van der Waals surface area contributed by atoms with Crippen LogP contribution in [0.1, 0.15) is 27.1 Å². The first-order valence-corrected chi connectivity index (χ1v) is 8.18. The molecule has 2 aromatic rings. The quantitative estimate of drug-likeness (QED) is 0.845. The highest BCUT2D eigenvalue weighted by atomic mass is 16.2. The zero-order valence-electron chi connectivity index (χ0n) is 13.7. The number of nitrogens with zero attached hydrogens (tertiary/aromatic N) is 2. The Bertz CT molecular complexity index is 890. The monoisotopic (exact) mass is 349 g/mol. The second-order valence-electron chi connectivity index (χ2n) is 6.11. The van der Waals surface area contributed by atoms with Crippen molar-refractivity contribution < 1.29 is 19.2 Å². The molecule has 0 aromatic heterocycles. The van der Waals surface area contributed by atoms with E-state index in [0.29, 0.717) is 0 Å². The predicted molar refractivity (Wildman–Crippen MR) is 92.1 cm³/mol. The minimum absolute atomic E-state index is 0.0126.